The molecule has 112 valence electrons. The molecule has 1 aromatic carbocycles. The number of halogens is 3. The molecule has 0 aliphatic carbocycles. The Hall–Kier alpha value is -1.23. The maximum atomic E-state index is 13.3. The second kappa shape index (κ2) is 5.28. The predicted molar refractivity (Wildman–Crippen MR) is 75.2 cm³/mol. The lowest BCUT2D eigenvalue weighted by Gasteiger charge is -2.25. The summed E-state index contributed by atoms with van der Waals surface area (Å²) in [6.45, 7) is 6.58. The van der Waals surface area contributed by atoms with Gasteiger partial charge in [0, 0.05) is 30.2 Å². The van der Waals surface area contributed by atoms with Crippen molar-refractivity contribution in [2.45, 2.75) is 44.9 Å². The summed E-state index contributed by atoms with van der Waals surface area (Å²) in [4.78, 5) is 2.06. The minimum absolute atomic E-state index is 0.000926. The second-order valence-electron chi connectivity index (χ2n) is 5.67. The summed E-state index contributed by atoms with van der Waals surface area (Å²) in [5, 5.41) is 3.09. The highest BCUT2D eigenvalue weighted by molar-refractivity contribution is 5.64. The van der Waals surface area contributed by atoms with Gasteiger partial charge in [-0.1, -0.05) is 6.07 Å². The average molecular weight is 286 g/mol. The van der Waals surface area contributed by atoms with Gasteiger partial charge in [0.2, 0.25) is 0 Å². The molecule has 1 aromatic rings. The summed E-state index contributed by atoms with van der Waals surface area (Å²) >= 11 is 0. The third kappa shape index (κ3) is 2.51. The molecule has 2 atom stereocenters. The van der Waals surface area contributed by atoms with E-state index in [0.717, 1.165) is 5.69 Å². The van der Waals surface area contributed by atoms with Crippen LogP contribution in [-0.4, -0.2) is 25.7 Å². The Morgan fingerprint density at radius 2 is 1.90 bits per heavy atom. The molecule has 1 heterocycles. The molecule has 1 N–H and O–H groups in total. The van der Waals surface area contributed by atoms with E-state index in [2.05, 4.69) is 10.2 Å². The number of rotatable bonds is 3. The van der Waals surface area contributed by atoms with Crippen molar-refractivity contribution in [2.75, 3.05) is 18.5 Å². The highest BCUT2D eigenvalue weighted by Crippen LogP contribution is 2.46. The van der Waals surface area contributed by atoms with Crippen molar-refractivity contribution < 1.29 is 13.2 Å². The van der Waals surface area contributed by atoms with Crippen LogP contribution < -0.4 is 10.2 Å². The van der Waals surface area contributed by atoms with Gasteiger partial charge in [-0.05, 0) is 45.5 Å². The summed E-state index contributed by atoms with van der Waals surface area (Å²) in [5.41, 5.74) is 0.669. The Balaban J connectivity index is 2.58. The minimum Gasteiger partial charge on any atom is -0.368 e. The van der Waals surface area contributed by atoms with Gasteiger partial charge in [-0.3, -0.25) is 0 Å². The van der Waals surface area contributed by atoms with E-state index >= 15 is 0 Å². The van der Waals surface area contributed by atoms with Crippen LogP contribution in [0.5, 0.6) is 0 Å². The van der Waals surface area contributed by atoms with E-state index in [-0.39, 0.29) is 18.0 Å². The molecule has 0 saturated carbocycles. The molecule has 0 radical (unpaired) electrons. The fourth-order valence-corrected chi connectivity index (χ4v) is 2.94. The topological polar surface area (TPSA) is 15.3 Å². The SMILES string of the molecule is CNC(C)C1CN(C(C)C)c2cccc(C(F)(F)F)c21. The molecule has 1 aliphatic rings. The number of nitrogens with zero attached hydrogens (tertiary/aromatic N) is 1. The van der Waals surface area contributed by atoms with Crippen molar-refractivity contribution in [3.05, 3.63) is 29.3 Å². The number of hydrogen-bond acceptors (Lipinski definition) is 2. The smallest absolute Gasteiger partial charge is 0.368 e. The van der Waals surface area contributed by atoms with Crippen LogP contribution in [-0.2, 0) is 6.18 Å². The fourth-order valence-electron chi connectivity index (χ4n) is 2.94. The molecular formula is C15H21F3N2. The van der Waals surface area contributed by atoms with Crippen LogP contribution in [0.15, 0.2) is 18.2 Å². The zero-order valence-corrected chi connectivity index (χ0v) is 12.3. The summed E-state index contributed by atoms with van der Waals surface area (Å²) < 4.78 is 39.8. The normalized spacial score (nSPS) is 20.4. The first kappa shape index (κ1) is 15.2. The van der Waals surface area contributed by atoms with E-state index in [0.29, 0.717) is 12.1 Å². The third-order valence-corrected chi connectivity index (χ3v) is 4.14. The standard InChI is InChI=1S/C15H21F3N2/c1-9(2)20-8-11(10(3)19-4)14-12(15(16,17)18)6-5-7-13(14)20/h5-7,9-11,19H,8H2,1-4H3. The van der Waals surface area contributed by atoms with Crippen molar-refractivity contribution >= 4 is 5.69 Å². The van der Waals surface area contributed by atoms with Gasteiger partial charge in [0.25, 0.3) is 0 Å². The van der Waals surface area contributed by atoms with Gasteiger partial charge in [0.1, 0.15) is 0 Å². The average Bonchev–Trinajstić information content (AvgIpc) is 2.76. The maximum absolute atomic E-state index is 13.3. The van der Waals surface area contributed by atoms with Gasteiger partial charge in [-0.15, -0.1) is 0 Å². The summed E-state index contributed by atoms with van der Waals surface area (Å²) in [7, 11) is 1.79. The predicted octanol–water partition coefficient (Wildman–Crippen LogP) is 3.63. The van der Waals surface area contributed by atoms with Crippen LogP contribution >= 0.6 is 0 Å². The van der Waals surface area contributed by atoms with Crippen LogP contribution in [0, 0.1) is 0 Å². The van der Waals surface area contributed by atoms with Crippen molar-refractivity contribution in [2.24, 2.45) is 0 Å². The number of hydrogen-bond donors (Lipinski definition) is 1. The Kier molecular flexibility index (Phi) is 4.00. The molecule has 5 heteroatoms. The van der Waals surface area contributed by atoms with Gasteiger partial charge in [-0.25, -0.2) is 0 Å². The first-order valence-electron chi connectivity index (χ1n) is 6.91. The Bertz CT molecular complexity index is 482. The lowest BCUT2D eigenvalue weighted by atomic mass is 9.90. The Labute approximate surface area is 118 Å². The summed E-state index contributed by atoms with van der Waals surface area (Å²) in [6.07, 6.45) is -4.30. The van der Waals surface area contributed by atoms with E-state index in [1.54, 1.807) is 13.1 Å². The fraction of sp³-hybridized carbons (Fsp3) is 0.600. The number of anilines is 1. The van der Waals surface area contributed by atoms with E-state index < -0.39 is 11.7 Å². The van der Waals surface area contributed by atoms with Gasteiger partial charge in [0.15, 0.2) is 0 Å². The molecule has 0 fully saturated rings. The Morgan fingerprint density at radius 3 is 2.40 bits per heavy atom. The number of alkyl halides is 3. The zero-order chi connectivity index (χ0) is 15.1. The van der Waals surface area contributed by atoms with E-state index in [1.807, 2.05) is 20.8 Å². The largest absolute Gasteiger partial charge is 0.416 e. The lowest BCUT2D eigenvalue weighted by molar-refractivity contribution is -0.138. The summed E-state index contributed by atoms with van der Waals surface area (Å²) in [5.74, 6) is -0.143. The highest BCUT2D eigenvalue weighted by Gasteiger charge is 2.42. The van der Waals surface area contributed by atoms with E-state index in [9.17, 15) is 13.2 Å². The second-order valence-corrected chi connectivity index (χ2v) is 5.67. The number of likely N-dealkylation sites (N-methyl/N-ethyl adjacent to an activating group) is 1. The van der Waals surface area contributed by atoms with Crippen LogP contribution in [0.1, 0.15) is 37.8 Å². The van der Waals surface area contributed by atoms with Crippen molar-refractivity contribution in [3.8, 4) is 0 Å². The molecular weight excluding hydrogens is 265 g/mol. The van der Waals surface area contributed by atoms with Crippen LogP contribution in [0.2, 0.25) is 0 Å². The van der Waals surface area contributed by atoms with Crippen molar-refractivity contribution in [1.29, 1.82) is 0 Å². The molecule has 20 heavy (non-hydrogen) atoms. The molecule has 0 amide bonds. The number of benzene rings is 1. The third-order valence-electron chi connectivity index (χ3n) is 4.14. The van der Waals surface area contributed by atoms with Gasteiger partial charge in [0.05, 0.1) is 5.56 Å². The quantitative estimate of drug-likeness (QED) is 0.913. The van der Waals surface area contributed by atoms with E-state index in [4.69, 9.17) is 0 Å². The van der Waals surface area contributed by atoms with Crippen molar-refractivity contribution in [3.63, 3.8) is 0 Å². The highest BCUT2D eigenvalue weighted by atomic mass is 19.4. The zero-order valence-electron chi connectivity index (χ0n) is 12.3. The minimum atomic E-state index is -4.30. The first-order chi connectivity index (χ1) is 9.27. The van der Waals surface area contributed by atoms with Gasteiger partial charge >= 0.3 is 6.18 Å². The molecule has 0 bridgehead atoms. The molecule has 1 aliphatic heterocycles. The van der Waals surface area contributed by atoms with E-state index in [1.165, 1.54) is 12.1 Å². The first-order valence-corrected chi connectivity index (χ1v) is 6.91. The van der Waals surface area contributed by atoms with Crippen LogP contribution in [0.4, 0.5) is 18.9 Å². The summed E-state index contributed by atoms with van der Waals surface area (Å²) in [6, 6.07) is 4.68. The van der Waals surface area contributed by atoms with Crippen LogP contribution in [0.25, 0.3) is 0 Å². The van der Waals surface area contributed by atoms with Crippen LogP contribution in [0.3, 0.4) is 0 Å². The molecule has 0 spiro atoms. The molecule has 0 saturated heterocycles. The molecule has 2 nitrogen and oxygen atoms in total. The van der Waals surface area contributed by atoms with Gasteiger partial charge in [-0.2, -0.15) is 13.2 Å². The van der Waals surface area contributed by atoms with Gasteiger partial charge < -0.3 is 10.2 Å². The van der Waals surface area contributed by atoms with Crippen molar-refractivity contribution in [1.82, 2.24) is 5.32 Å². The lowest BCUT2D eigenvalue weighted by Crippen LogP contribution is -2.35. The molecule has 2 rings (SSSR count). The molecule has 2 unspecified atom stereocenters. The monoisotopic (exact) mass is 286 g/mol. The number of fused-ring (bicyclic) bond motifs is 1. The molecule has 0 aromatic heterocycles. The number of nitrogens with one attached hydrogen (secondary N) is 1. The maximum Gasteiger partial charge on any atom is 0.416 e. The Morgan fingerprint density at radius 1 is 1.25 bits per heavy atom.